The molecule has 0 saturated carbocycles. The van der Waals surface area contributed by atoms with Gasteiger partial charge in [-0.2, -0.15) is 15.0 Å². The Morgan fingerprint density at radius 3 is 2.56 bits per heavy atom. The number of nitrogen functional groups attached to an aromatic ring is 1. The summed E-state index contributed by atoms with van der Waals surface area (Å²) in [5, 5.41) is 2.93. The van der Waals surface area contributed by atoms with Crippen molar-refractivity contribution in [3.8, 4) is 12.0 Å². The highest BCUT2D eigenvalue weighted by Gasteiger charge is 2.27. The molecule has 3 rings (SSSR count). The van der Waals surface area contributed by atoms with Crippen LogP contribution in [-0.4, -0.2) is 69.1 Å². The zero-order chi connectivity index (χ0) is 24.9. The average Bonchev–Trinajstić information content (AvgIpc) is 3.11. The lowest BCUT2D eigenvalue weighted by Crippen LogP contribution is -2.50. The van der Waals surface area contributed by atoms with Gasteiger partial charge in [0.15, 0.2) is 17.0 Å². The van der Waals surface area contributed by atoms with Crippen LogP contribution in [0.2, 0.25) is 0 Å². The minimum atomic E-state index is -0.517. The maximum atomic E-state index is 12.1. The predicted octanol–water partition coefficient (Wildman–Crippen LogP) is 3.18. The maximum absolute atomic E-state index is 12.1. The van der Waals surface area contributed by atoms with E-state index in [2.05, 4.69) is 32.1 Å². The third-order valence-corrected chi connectivity index (χ3v) is 5.84. The number of aromatic nitrogens is 4. The van der Waals surface area contributed by atoms with Crippen molar-refractivity contribution < 1.29 is 19.0 Å². The second kappa shape index (κ2) is 11.1. The van der Waals surface area contributed by atoms with Gasteiger partial charge in [0.2, 0.25) is 0 Å². The number of carbonyl (C=O) groups excluding carboxylic acids is 1. The molecule has 11 heteroatoms. The molecule has 0 aliphatic carbocycles. The Labute approximate surface area is 201 Å². The fourth-order valence-electron chi connectivity index (χ4n) is 4.02. The van der Waals surface area contributed by atoms with Gasteiger partial charge < -0.3 is 25.3 Å². The van der Waals surface area contributed by atoms with E-state index in [1.54, 1.807) is 7.11 Å². The number of carbonyl (C=O) groups is 1. The van der Waals surface area contributed by atoms with Crippen LogP contribution in [0, 0.1) is 5.92 Å². The second-order valence-corrected chi connectivity index (χ2v) is 9.78. The minimum Gasteiger partial charge on any atom is -0.468 e. The quantitative estimate of drug-likeness (QED) is 0.523. The first-order valence-electron chi connectivity index (χ1n) is 12.0. The van der Waals surface area contributed by atoms with Crippen LogP contribution < -0.4 is 20.5 Å². The predicted molar refractivity (Wildman–Crippen MR) is 130 cm³/mol. The van der Waals surface area contributed by atoms with Gasteiger partial charge in [0.05, 0.1) is 19.9 Å². The number of ether oxygens (including phenoxy) is 3. The average molecular weight is 478 g/mol. The fourth-order valence-corrected chi connectivity index (χ4v) is 4.02. The van der Waals surface area contributed by atoms with Crippen LogP contribution in [0.1, 0.15) is 60.3 Å². The zero-order valence-electron chi connectivity index (χ0n) is 21.3. The first kappa shape index (κ1) is 25.8. The van der Waals surface area contributed by atoms with Gasteiger partial charge in [0.25, 0.3) is 6.01 Å². The van der Waals surface area contributed by atoms with Crippen LogP contribution in [0.3, 0.4) is 0 Å². The largest absolute Gasteiger partial charge is 0.468 e. The highest BCUT2D eigenvalue weighted by atomic mass is 16.6. The summed E-state index contributed by atoms with van der Waals surface area (Å²) in [4.78, 5) is 27.7. The Balaban J connectivity index is 1.65. The number of nitrogens with one attached hydrogen (secondary N) is 1. The highest BCUT2D eigenvalue weighted by Crippen LogP contribution is 2.29. The summed E-state index contributed by atoms with van der Waals surface area (Å²) in [7, 11) is 1.59. The molecule has 34 heavy (non-hydrogen) atoms. The van der Waals surface area contributed by atoms with Crippen molar-refractivity contribution in [3.05, 3.63) is 0 Å². The summed E-state index contributed by atoms with van der Waals surface area (Å²) in [5.74, 6) is 0.683. The molecule has 0 aromatic carbocycles. The third kappa shape index (κ3) is 6.62. The van der Waals surface area contributed by atoms with Crippen LogP contribution in [0.15, 0.2) is 0 Å². The fraction of sp³-hybridized carbons (Fsp3) is 0.739. The molecule has 190 valence electrons. The SMILES string of the molecule is CCCCOc1nc(N)c2nc(OC)n(CC3CCN(C(C)NC(=O)OC(C)(C)C)CC3)c2n1. The molecule has 0 bridgehead atoms. The molecule has 1 aliphatic heterocycles. The number of alkyl carbamates (subject to hydrolysis) is 1. The van der Waals surface area contributed by atoms with Gasteiger partial charge in [-0.3, -0.25) is 9.47 Å². The monoisotopic (exact) mass is 477 g/mol. The molecule has 3 N–H and O–H groups in total. The van der Waals surface area contributed by atoms with E-state index in [4.69, 9.17) is 19.9 Å². The molecule has 3 heterocycles. The van der Waals surface area contributed by atoms with Crippen molar-refractivity contribution in [1.82, 2.24) is 29.7 Å². The number of fused-ring (bicyclic) bond motifs is 1. The number of amides is 1. The second-order valence-electron chi connectivity index (χ2n) is 9.78. The molecular weight excluding hydrogens is 438 g/mol. The van der Waals surface area contributed by atoms with Gasteiger partial charge in [-0.15, -0.1) is 0 Å². The van der Waals surface area contributed by atoms with E-state index in [0.29, 0.717) is 36.2 Å². The molecule has 1 amide bonds. The summed E-state index contributed by atoms with van der Waals surface area (Å²) in [6.07, 6.45) is 3.37. The van der Waals surface area contributed by atoms with Crippen LogP contribution in [-0.2, 0) is 11.3 Å². The molecule has 0 radical (unpaired) electrons. The van der Waals surface area contributed by atoms with E-state index in [0.717, 1.165) is 38.8 Å². The van der Waals surface area contributed by atoms with Crippen molar-refractivity contribution in [2.75, 3.05) is 32.5 Å². The number of piperidine rings is 1. The van der Waals surface area contributed by atoms with Crippen molar-refractivity contribution in [1.29, 1.82) is 0 Å². The lowest BCUT2D eigenvalue weighted by molar-refractivity contribution is 0.0390. The molecular formula is C23H39N7O4. The Morgan fingerprint density at radius 2 is 1.94 bits per heavy atom. The molecule has 2 aromatic rings. The lowest BCUT2D eigenvalue weighted by Gasteiger charge is -2.36. The van der Waals surface area contributed by atoms with E-state index in [-0.39, 0.29) is 18.0 Å². The van der Waals surface area contributed by atoms with Crippen molar-refractivity contribution in [3.63, 3.8) is 0 Å². The minimum absolute atomic E-state index is 0.102. The Morgan fingerprint density at radius 1 is 1.24 bits per heavy atom. The van der Waals surface area contributed by atoms with Gasteiger partial charge in [-0.1, -0.05) is 13.3 Å². The summed E-state index contributed by atoms with van der Waals surface area (Å²) in [5.41, 5.74) is 6.77. The van der Waals surface area contributed by atoms with E-state index in [1.807, 2.05) is 32.3 Å². The number of likely N-dealkylation sites (tertiary alicyclic amines) is 1. The molecule has 1 saturated heterocycles. The van der Waals surface area contributed by atoms with Crippen LogP contribution >= 0.6 is 0 Å². The number of rotatable bonds is 9. The van der Waals surface area contributed by atoms with Gasteiger partial charge in [0, 0.05) is 19.6 Å². The number of nitrogens with zero attached hydrogens (tertiary/aromatic N) is 5. The Kier molecular flexibility index (Phi) is 8.40. The Bertz CT molecular complexity index is 964. The van der Waals surface area contributed by atoms with Crippen LogP contribution in [0.5, 0.6) is 12.0 Å². The number of methoxy groups -OCH3 is 1. The van der Waals surface area contributed by atoms with Gasteiger partial charge >= 0.3 is 12.1 Å². The number of unbranched alkanes of at least 4 members (excludes halogenated alkanes) is 1. The zero-order valence-corrected chi connectivity index (χ0v) is 21.3. The number of hydrogen-bond donors (Lipinski definition) is 2. The summed E-state index contributed by atoms with van der Waals surface area (Å²) >= 11 is 0. The molecule has 0 spiro atoms. The lowest BCUT2D eigenvalue weighted by atomic mass is 9.96. The van der Waals surface area contributed by atoms with E-state index >= 15 is 0 Å². The van der Waals surface area contributed by atoms with E-state index < -0.39 is 11.7 Å². The standard InChI is InChI=1S/C23H39N7O4/c1-7-8-13-33-20-27-18(24)17-19(28-20)30(21(26-17)32-6)14-16-9-11-29(12-10-16)15(2)25-22(31)34-23(3,4)5/h15-16H,7-14H2,1-6H3,(H,25,31)(H2,24,27,28). The van der Waals surface area contributed by atoms with Crippen molar-refractivity contribution in [2.45, 2.75) is 78.6 Å². The summed E-state index contributed by atoms with van der Waals surface area (Å²) in [6.45, 7) is 12.6. The first-order chi connectivity index (χ1) is 16.1. The molecule has 1 atom stereocenters. The van der Waals surface area contributed by atoms with Crippen molar-refractivity contribution in [2.24, 2.45) is 5.92 Å². The van der Waals surface area contributed by atoms with E-state index in [9.17, 15) is 4.79 Å². The first-order valence-corrected chi connectivity index (χ1v) is 12.0. The molecule has 1 fully saturated rings. The highest BCUT2D eigenvalue weighted by molar-refractivity contribution is 5.83. The van der Waals surface area contributed by atoms with Gasteiger partial charge in [-0.05, 0) is 52.9 Å². The number of anilines is 1. The third-order valence-electron chi connectivity index (χ3n) is 5.84. The van der Waals surface area contributed by atoms with Crippen molar-refractivity contribution >= 4 is 23.1 Å². The number of imidazole rings is 1. The number of nitrogens with two attached hydrogens (primary N) is 1. The summed E-state index contributed by atoms with van der Waals surface area (Å²) in [6, 6.07) is 0.725. The molecule has 1 aliphatic rings. The van der Waals surface area contributed by atoms with Gasteiger partial charge in [-0.25, -0.2) is 4.79 Å². The molecule has 11 nitrogen and oxygen atoms in total. The number of hydrogen-bond acceptors (Lipinski definition) is 9. The van der Waals surface area contributed by atoms with E-state index in [1.165, 1.54) is 0 Å². The van der Waals surface area contributed by atoms with Crippen LogP contribution in [0.4, 0.5) is 10.6 Å². The maximum Gasteiger partial charge on any atom is 0.408 e. The summed E-state index contributed by atoms with van der Waals surface area (Å²) < 4.78 is 18.5. The smallest absolute Gasteiger partial charge is 0.408 e. The van der Waals surface area contributed by atoms with Gasteiger partial charge in [0.1, 0.15) is 5.60 Å². The molecule has 2 aromatic heterocycles. The molecule has 1 unspecified atom stereocenters. The van der Waals surface area contributed by atoms with Crippen LogP contribution in [0.25, 0.3) is 11.2 Å². The Hall–Kier alpha value is -2.82. The normalized spacial score (nSPS) is 16.4. The topological polar surface area (TPSA) is 130 Å².